The van der Waals surface area contributed by atoms with Crippen LogP contribution in [-0.2, 0) is 6.54 Å². The van der Waals surface area contributed by atoms with Gasteiger partial charge in [0, 0.05) is 7.05 Å². The lowest BCUT2D eigenvalue weighted by Gasteiger charge is -2.16. The first-order valence-corrected chi connectivity index (χ1v) is 8.96. The molecule has 2 aromatic carbocycles. The summed E-state index contributed by atoms with van der Waals surface area (Å²) in [4.78, 5) is 18.3. The van der Waals surface area contributed by atoms with Crippen molar-refractivity contribution in [3.8, 4) is 5.75 Å². The summed E-state index contributed by atoms with van der Waals surface area (Å²) in [5.74, 6) is 0.808. The Balaban J connectivity index is 1.43. The molecule has 2 amide bonds. The molecule has 0 aliphatic rings. The molecule has 1 heterocycles. The van der Waals surface area contributed by atoms with Gasteiger partial charge >= 0.3 is 6.03 Å². The third kappa shape index (κ3) is 4.70. The molecule has 0 bridgehead atoms. The van der Waals surface area contributed by atoms with Crippen molar-refractivity contribution in [1.29, 1.82) is 0 Å². The van der Waals surface area contributed by atoms with Gasteiger partial charge in [-0.3, -0.25) is 0 Å². The summed E-state index contributed by atoms with van der Waals surface area (Å²) in [5.41, 5.74) is 2.17. The summed E-state index contributed by atoms with van der Waals surface area (Å²) in [6.07, 6.45) is 0. The Morgan fingerprint density at radius 2 is 1.96 bits per heavy atom. The number of rotatable bonds is 6. The van der Waals surface area contributed by atoms with E-state index in [1.165, 1.54) is 5.56 Å². The predicted molar refractivity (Wildman–Crippen MR) is 101 cm³/mol. The number of para-hydroxylation sites is 1. The molecule has 0 spiro atoms. The minimum Gasteiger partial charge on any atom is -0.492 e. The van der Waals surface area contributed by atoms with E-state index in [9.17, 15) is 4.79 Å². The largest absolute Gasteiger partial charge is 0.492 e. The number of carbonyl (C=O) groups is 1. The molecule has 3 aromatic rings. The van der Waals surface area contributed by atoms with Crippen molar-refractivity contribution in [2.75, 3.05) is 20.2 Å². The van der Waals surface area contributed by atoms with Crippen LogP contribution in [0.15, 0.2) is 48.5 Å². The van der Waals surface area contributed by atoms with Gasteiger partial charge in [-0.05, 0) is 31.2 Å². The van der Waals surface area contributed by atoms with Crippen LogP contribution >= 0.6 is 11.3 Å². The molecule has 0 aliphatic heterocycles. The van der Waals surface area contributed by atoms with Crippen LogP contribution in [0.1, 0.15) is 10.6 Å². The van der Waals surface area contributed by atoms with Gasteiger partial charge in [0.1, 0.15) is 17.4 Å². The number of hydrogen-bond acceptors (Lipinski definition) is 4. The predicted octanol–water partition coefficient (Wildman–Crippen LogP) is 3.83. The Kier molecular flexibility index (Phi) is 5.50. The highest BCUT2D eigenvalue weighted by molar-refractivity contribution is 7.18. The highest BCUT2D eigenvalue weighted by Gasteiger charge is 2.11. The van der Waals surface area contributed by atoms with Crippen molar-refractivity contribution in [3.63, 3.8) is 0 Å². The standard InChI is InChI=1S/C19H21N3O2S/c1-14-7-9-15(10-8-14)24-12-11-20-19(23)22(2)13-18-21-16-5-3-4-6-17(16)25-18/h3-10H,11-13H2,1-2H3,(H,20,23). The second kappa shape index (κ2) is 7.98. The summed E-state index contributed by atoms with van der Waals surface area (Å²) in [7, 11) is 1.77. The molecule has 1 N–H and O–H groups in total. The van der Waals surface area contributed by atoms with Crippen LogP contribution in [0, 0.1) is 6.92 Å². The first-order valence-electron chi connectivity index (χ1n) is 8.15. The quantitative estimate of drug-likeness (QED) is 0.684. The van der Waals surface area contributed by atoms with Crippen LogP contribution in [0.3, 0.4) is 0 Å². The van der Waals surface area contributed by atoms with E-state index in [1.54, 1.807) is 23.3 Å². The Morgan fingerprint density at radius 3 is 2.72 bits per heavy atom. The van der Waals surface area contributed by atoms with Gasteiger partial charge in [0.15, 0.2) is 0 Å². The maximum Gasteiger partial charge on any atom is 0.317 e. The fourth-order valence-corrected chi connectivity index (χ4v) is 3.38. The molecule has 0 unspecified atom stereocenters. The van der Waals surface area contributed by atoms with Gasteiger partial charge in [0.25, 0.3) is 0 Å². The number of urea groups is 1. The monoisotopic (exact) mass is 355 g/mol. The first-order chi connectivity index (χ1) is 12.1. The number of amides is 2. The third-order valence-electron chi connectivity index (χ3n) is 3.73. The zero-order valence-electron chi connectivity index (χ0n) is 14.4. The van der Waals surface area contributed by atoms with E-state index in [2.05, 4.69) is 10.3 Å². The highest BCUT2D eigenvalue weighted by atomic mass is 32.1. The summed E-state index contributed by atoms with van der Waals surface area (Å²) in [5, 5.41) is 3.78. The molecule has 3 rings (SSSR count). The Bertz CT molecular complexity index is 812. The van der Waals surface area contributed by atoms with E-state index in [1.807, 2.05) is 55.5 Å². The lowest BCUT2D eigenvalue weighted by molar-refractivity contribution is 0.203. The number of nitrogens with one attached hydrogen (secondary N) is 1. The number of aromatic nitrogens is 1. The summed E-state index contributed by atoms with van der Waals surface area (Å²) in [6.45, 7) is 3.41. The summed E-state index contributed by atoms with van der Waals surface area (Å²) in [6, 6.07) is 15.7. The molecule has 0 saturated heterocycles. The number of thiazole rings is 1. The minimum absolute atomic E-state index is 0.133. The number of nitrogens with zero attached hydrogens (tertiary/aromatic N) is 2. The fourth-order valence-electron chi connectivity index (χ4n) is 2.36. The molecule has 6 heteroatoms. The number of carbonyl (C=O) groups excluding carboxylic acids is 1. The van der Waals surface area contributed by atoms with E-state index >= 15 is 0 Å². The molecule has 0 fully saturated rings. The van der Waals surface area contributed by atoms with Gasteiger partial charge in [-0.25, -0.2) is 9.78 Å². The number of benzene rings is 2. The second-order valence-corrected chi connectivity index (χ2v) is 6.94. The Morgan fingerprint density at radius 1 is 1.20 bits per heavy atom. The van der Waals surface area contributed by atoms with Crippen LogP contribution < -0.4 is 10.1 Å². The van der Waals surface area contributed by atoms with Crippen LogP contribution in [-0.4, -0.2) is 36.1 Å². The molecular weight excluding hydrogens is 334 g/mol. The maximum atomic E-state index is 12.2. The molecule has 130 valence electrons. The van der Waals surface area contributed by atoms with Crippen molar-refractivity contribution in [3.05, 3.63) is 59.1 Å². The second-order valence-electron chi connectivity index (χ2n) is 5.82. The molecule has 0 saturated carbocycles. The first kappa shape index (κ1) is 17.2. The normalized spacial score (nSPS) is 10.6. The van der Waals surface area contributed by atoms with Crippen molar-refractivity contribution in [1.82, 2.24) is 15.2 Å². The van der Waals surface area contributed by atoms with Crippen molar-refractivity contribution < 1.29 is 9.53 Å². The fraction of sp³-hybridized carbons (Fsp3) is 0.263. The molecule has 25 heavy (non-hydrogen) atoms. The summed E-state index contributed by atoms with van der Waals surface area (Å²) < 4.78 is 6.74. The number of aryl methyl sites for hydroxylation is 1. The minimum atomic E-state index is -0.133. The topological polar surface area (TPSA) is 54.5 Å². The van der Waals surface area contributed by atoms with Crippen LogP contribution in [0.5, 0.6) is 5.75 Å². The number of hydrogen-bond donors (Lipinski definition) is 1. The zero-order chi connectivity index (χ0) is 17.6. The Labute approximate surface area is 151 Å². The lowest BCUT2D eigenvalue weighted by atomic mass is 10.2. The Hall–Kier alpha value is -2.60. The SMILES string of the molecule is Cc1ccc(OCCNC(=O)N(C)Cc2nc3ccccc3s2)cc1. The highest BCUT2D eigenvalue weighted by Crippen LogP contribution is 2.22. The smallest absolute Gasteiger partial charge is 0.317 e. The molecule has 0 radical (unpaired) electrons. The van der Waals surface area contributed by atoms with E-state index in [-0.39, 0.29) is 6.03 Å². The van der Waals surface area contributed by atoms with Crippen molar-refractivity contribution >= 4 is 27.6 Å². The number of fused-ring (bicyclic) bond motifs is 1. The average Bonchev–Trinajstić information content (AvgIpc) is 3.02. The molecular formula is C19H21N3O2S. The maximum absolute atomic E-state index is 12.2. The van der Waals surface area contributed by atoms with Crippen molar-refractivity contribution in [2.45, 2.75) is 13.5 Å². The van der Waals surface area contributed by atoms with E-state index in [0.717, 1.165) is 21.0 Å². The molecule has 5 nitrogen and oxygen atoms in total. The van der Waals surface area contributed by atoms with Gasteiger partial charge in [-0.2, -0.15) is 0 Å². The zero-order valence-corrected chi connectivity index (χ0v) is 15.2. The van der Waals surface area contributed by atoms with E-state index < -0.39 is 0 Å². The van der Waals surface area contributed by atoms with Gasteiger partial charge in [-0.15, -0.1) is 11.3 Å². The van der Waals surface area contributed by atoms with Crippen LogP contribution in [0.4, 0.5) is 4.79 Å². The van der Waals surface area contributed by atoms with Gasteiger partial charge in [0.05, 0.1) is 23.3 Å². The van der Waals surface area contributed by atoms with Gasteiger partial charge in [0.2, 0.25) is 0 Å². The molecule has 1 aromatic heterocycles. The molecule has 0 aliphatic carbocycles. The summed E-state index contributed by atoms with van der Waals surface area (Å²) >= 11 is 1.61. The van der Waals surface area contributed by atoms with Crippen LogP contribution in [0.2, 0.25) is 0 Å². The number of ether oxygens (including phenoxy) is 1. The molecule has 0 atom stereocenters. The van der Waals surface area contributed by atoms with E-state index in [0.29, 0.717) is 19.7 Å². The average molecular weight is 355 g/mol. The van der Waals surface area contributed by atoms with Gasteiger partial charge in [-0.1, -0.05) is 29.8 Å². The van der Waals surface area contributed by atoms with Gasteiger partial charge < -0.3 is 15.0 Å². The third-order valence-corrected chi connectivity index (χ3v) is 4.75. The van der Waals surface area contributed by atoms with Crippen LogP contribution in [0.25, 0.3) is 10.2 Å². The lowest BCUT2D eigenvalue weighted by Crippen LogP contribution is -2.38. The van der Waals surface area contributed by atoms with Crippen molar-refractivity contribution in [2.24, 2.45) is 0 Å². The van der Waals surface area contributed by atoms with E-state index in [4.69, 9.17) is 4.74 Å².